The van der Waals surface area contributed by atoms with Gasteiger partial charge in [0, 0.05) is 17.4 Å². The van der Waals surface area contributed by atoms with E-state index in [4.69, 9.17) is 0 Å². The van der Waals surface area contributed by atoms with Crippen LogP contribution in [0.1, 0.15) is 18.9 Å². The molecule has 0 aliphatic heterocycles. The standard InChI is InChI=1S/C13H19F2NS/c1-3-7-16-10(9-17-2)8-11-12(14)5-4-6-13(11)15/h4-6,10,16H,3,7-9H2,1-2H3. The van der Waals surface area contributed by atoms with Crippen LogP contribution in [0.3, 0.4) is 0 Å². The van der Waals surface area contributed by atoms with Gasteiger partial charge >= 0.3 is 0 Å². The van der Waals surface area contributed by atoms with E-state index >= 15 is 0 Å². The molecule has 0 saturated heterocycles. The number of rotatable bonds is 7. The molecule has 0 fully saturated rings. The molecule has 1 aromatic rings. The first-order valence-electron chi connectivity index (χ1n) is 5.84. The normalized spacial score (nSPS) is 12.7. The van der Waals surface area contributed by atoms with Crippen LogP contribution in [0, 0.1) is 11.6 Å². The second kappa shape index (κ2) is 7.67. The molecule has 1 atom stereocenters. The van der Waals surface area contributed by atoms with Crippen molar-refractivity contribution in [2.75, 3.05) is 18.6 Å². The maximum Gasteiger partial charge on any atom is 0.129 e. The lowest BCUT2D eigenvalue weighted by Crippen LogP contribution is -2.34. The first-order chi connectivity index (χ1) is 8.19. The van der Waals surface area contributed by atoms with Crippen molar-refractivity contribution in [2.45, 2.75) is 25.8 Å². The molecule has 0 bridgehead atoms. The SMILES string of the molecule is CCCNC(CSC)Cc1c(F)cccc1F. The highest BCUT2D eigenvalue weighted by atomic mass is 32.2. The molecule has 17 heavy (non-hydrogen) atoms. The van der Waals surface area contributed by atoms with Gasteiger partial charge in [-0.25, -0.2) is 8.78 Å². The summed E-state index contributed by atoms with van der Waals surface area (Å²) in [5.74, 6) is -0.0443. The van der Waals surface area contributed by atoms with E-state index in [1.807, 2.05) is 6.26 Å². The molecule has 0 radical (unpaired) electrons. The van der Waals surface area contributed by atoms with Crippen molar-refractivity contribution < 1.29 is 8.78 Å². The first-order valence-corrected chi connectivity index (χ1v) is 7.23. The van der Waals surface area contributed by atoms with Gasteiger partial charge in [-0.1, -0.05) is 13.0 Å². The molecule has 1 N–H and O–H groups in total. The highest BCUT2D eigenvalue weighted by molar-refractivity contribution is 7.98. The monoisotopic (exact) mass is 259 g/mol. The van der Waals surface area contributed by atoms with E-state index in [0.717, 1.165) is 18.7 Å². The van der Waals surface area contributed by atoms with E-state index in [9.17, 15) is 8.78 Å². The number of hydrogen-bond acceptors (Lipinski definition) is 2. The van der Waals surface area contributed by atoms with Crippen LogP contribution in [0.15, 0.2) is 18.2 Å². The summed E-state index contributed by atoms with van der Waals surface area (Å²) in [4.78, 5) is 0. The Morgan fingerprint density at radius 3 is 2.47 bits per heavy atom. The summed E-state index contributed by atoms with van der Waals surface area (Å²) in [7, 11) is 0. The molecule has 0 amide bonds. The molecule has 96 valence electrons. The molecule has 0 aliphatic rings. The Bertz CT molecular complexity index is 324. The lowest BCUT2D eigenvalue weighted by atomic mass is 10.1. The smallest absolute Gasteiger partial charge is 0.129 e. The van der Waals surface area contributed by atoms with Gasteiger partial charge in [0.05, 0.1) is 0 Å². The van der Waals surface area contributed by atoms with Crippen LogP contribution in [0.2, 0.25) is 0 Å². The van der Waals surface area contributed by atoms with Gasteiger partial charge in [-0.3, -0.25) is 0 Å². The van der Waals surface area contributed by atoms with Gasteiger partial charge in [-0.05, 0) is 37.8 Å². The minimum Gasteiger partial charge on any atom is -0.313 e. The van der Waals surface area contributed by atoms with E-state index in [-0.39, 0.29) is 11.6 Å². The van der Waals surface area contributed by atoms with Crippen LogP contribution in [-0.4, -0.2) is 24.6 Å². The Balaban J connectivity index is 2.70. The van der Waals surface area contributed by atoms with Gasteiger partial charge in [0.25, 0.3) is 0 Å². The fourth-order valence-corrected chi connectivity index (χ4v) is 2.35. The largest absolute Gasteiger partial charge is 0.313 e. The maximum atomic E-state index is 13.5. The Labute approximate surface area is 106 Å². The fraction of sp³-hybridized carbons (Fsp3) is 0.538. The molecule has 0 spiro atoms. The topological polar surface area (TPSA) is 12.0 Å². The van der Waals surface area contributed by atoms with E-state index in [1.165, 1.54) is 18.2 Å². The van der Waals surface area contributed by atoms with Gasteiger partial charge in [-0.2, -0.15) is 11.8 Å². The summed E-state index contributed by atoms with van der Waals surface area (Å²) >= 11 is 1.68. The maximum absolute atomic E-state index is 13.5. The van der Waals surface area contributed by atoms with E-state index in [1.54, 1.807) is 11.8 Å². The predicted octanol–water partition coefficient (Wildman–Crippen LogP) is 3.24. The molecule has 1 aromatic carbocycles. The van der Waals surface area contributed by atoms with Crippen molar-refractivity contribution in [1.29, 1.82) is 0 Å². The zero-order valence-corrected chi connectivity index (χ0v) is 11.1. The highest BCUT2D eigenvalue weighted by Gasteiger charge is 2.14. The van der Waals surface area contributed by atoms with Crippen LogP contribution >= 0.6 is 11.8 Å². The van der Waals surface area contributed by atoms with E-state index < -0.39 is 11.6 Å². The number of halogens is 2. The summed E-state index contributed by atoms with van der Waals surface area (Å²) in [6, 6.07) is 4.15. The quantitative estimate of drug-likeness (QED) is 0.807. The molecule has 0 saturated carbocycles. The van der Waals surface area contributed by atoms with Crippen molar-refractivity contribution in [2.24, 2.45) is 0 Å². The average molecular weight is 259 g/mol. The van der Waals surface area contributed by atoms with Gasteiger partial charge in [0.2, 0.25) is 0 Å². The molecular formula is C13H19F2NS. The van der Waals surface area contributed by atoms with E-state index in [0.29, 0.717) is 6.42 Å². The van der Waals surface area contributed by atoms with Gasteiger partial charge in [0.1, 0.15) is 11.6 Å². The summed E-state index contributed by atoms with van der Waals surface area (Å²) < 4.78 is 27.0. The summed E-state index contributed by atoms with van der Waals surface area (Å²) in [6.45, 7) is 2.95. The second-order valence-electron chi connectivity index (χ2n) is 4.01. The van der Waals surface area contributed by atoms with Gasteiger partial charge < -0.3 is 5.32 Å². The zero-order chi connectivity index (χ0) is 12.7. The van der Waals surface area contributed by atoms with Crippen molar-refractivity contribution in [1.82, 2.24) is 5.32 Å². The van der Waals surface area contributed by atoms with E-state index in [2.05, 4.69) is 12.2 Å². The Kier molecular flexibility index (Phi) is 6.52. The summed E-state index contributed by atoms with van der Waals surface area (Å²) in [6.07, 6.45) is 3.42. The number of thioether (sulfide) groups is 1. The van der Waals surface area contributed by atoms with Crippen molar-refractivity contribution in [3.63, 3.8) is 0 Å². The number of hydrogen-bond donors (Lipinski definition) is 1. The third-order valence-corrected chi connectivity index (χ3v) is 3.30. The fourth-order valence-electron chi connectivity index (χ4n) is 1.71. The lowest BCUT2D eigenvalue weighted by Gasteiger charge is -2.18. The van der Waals surface area contributed by atoms with Gasteiger partial charge in [0.15, 0.2) is 0 Å². The lowest BCUT2D eigenvalue weighted by molar-refractivity contribution is 0.503. The third kappa shape index (κ3) is 4.64. The molecule has 0 aromatic heterocycles. The highest BCUT2D eigenvalue weighted by Crippen LogP contribution is 2.15. The molecule has 1 unspecified atom stereocenters. The minimum atomic E-state index is -0.450. The van der Waals surface area contributed by atoms with Gasteiger partial charge in [-0.15, -0.1) is 0 Å². The Morgan fingerprint density at radius 1 is 1.29 bits per heavy atom. The zero-order valence-electron chi connectivity index (χ0n) is 10.3. The van der Waals surface area contributed by atoms with Crippen LogP contribution < -0.4 is 5.32 Å². The van der Waals surface area contributed by atoms with Crippen molar-refractivity contribution in [3.05, 3.63) is 35.4 Å². The van der Waals surface area contributed by atoms with Crippen LogP contribution in [0.25, 0.3) is 0 Å². The second-order valence-corrected chi connectivity index (χ2v) is 4.92. The molecule has 1 rings (SSSR count). The predicted molar refractivity (Wildman–Crippen MR) is 70.5 cm³/mol. The summed E-state index contributed by atoms with van der Waals surface area (Å²) in [5, 5.41) is 3.32. The van der Waals surface area contributed by atoms with Crippen LogP contribution in [0.5, 0.6) is 0 Å². The molecule has 1 nitrogen and oxygen atoms in total. The first kappa shape index (κ1) is 14.5. The molecule has 0 aliphatic carbocycles. The Morgan fingerprint density at radius 2 is 1.94 bits per heavy atom. The average Bonchev–Trinajstić information content (AvgIpc) is 2.31. The minimum absolute atomic E-state index is 0.122. The molecule has 4 heteroatoms. The van der Waals surface area contributed by atoms with Crippen molar-refractivity contribution in [3.8, 4) is 0 Å². The summed E-state index contributed by atoms with van der Waals surface area (Å²) in [5.41, 5.74) is 0.190. The number of nitrogens with one attached hydrogen (secondary N) is 1. The Hall–Kier alpha value is -0.610. The third-order valence-electron chi connectivity index (χ3n) is 2.56. The number of benzene rings is 1. The van der Waals surface area contributed by atoms with Crippen LogP contribution in [0.4, 0.5) is 8.78 Å². The molecular weight excluding hydrogens is 240 g/mol. The van der Waals surface area contributed by atoms with Crippen molar-refractivity contribution >= 4 is 11.8 Å². The van der Waals surface area contributed by atoms with Crippen LogP contribution in [-0.2, 0) is 6.42 Å². The molecule has 0 heterocycles.